The van der Waals surface area contributed by atoms with Crippen molar-refractivity contribution in [1.29, 1.82) is 4.78 Å². The summed E-state index contributed by atoms with van der Waals surface area (Å²) in [6.07, 6.45) is 0.545. The summed E-state index contributed by atoms with van der Waals surface area (Å²) in [5.74, 6) is 0.114. The molecule has 0 fully saturated rings. The molecule has 2 heterocycles. The van der Waals surface area contributed by atoms with Crippen molar-refractivity contribution in [3.05, 3.63) is 45.3 Å². The fourth-order valence-corrected chi connectivity index (χ4v) is 3.93. The fourth-order valence-electron chi connectivity index (χ4n) is 2.50. The van der Waals surface area contributed by atoms with Gasteiger partial charge in [-0.1, -0.05) is 36.7 Å². The summed E-state index contributed by atoms with van der Waals surface area (Å²) in [5.41, 5.74) is 6.65. The number of anilines is 1. The molecule has 132 valence electrons. The molecule has 0 spiro atoms. The molecular formula is C15H17ClN6O2S. The Labute approximate surface area is 149 Å². The standard InChI is InChI=1S/C15H17ClN6O2S/c1-2-7-25(18,24)14-20-12(17)11-13(21-14)22(15(23)19-11)8-9-5-3-4-6-10(9)16/h3-6,18H,2,7-8H2,1H3,(H,19,23)(H2,17,20,21). The van der Waals surface area contributed by atoms with Gasteiger partial charge in [-0.3, -0.25) is 4.57 Å². The fraction of sp³-hybridized carbons (Fsp3) is 0.267. The number of halogens is 1. The Morgan fingerprint density at radius 3 is 2.76 bits per heavy atom. The van der Waals surface area contributed by atoms with Crippen LogP contribution in [-0.2, 0) is 16.3 Å². The number of nitrogens with two attached hydrogens (primary N) is 1. The number of aromatic nitrogens is 4. The van der Waals surface area contributed by atoms with E-state index in [2.05, 4.69) is 15.0 Å². The third-order valence-corrected chi connectivity index (χ3v) is 5.83. The highest BCUT2D eigenvalue weighted by Gasteiger charge is 2.20. The molecular weight excluding hydrogens is 364 g/mol. The van der Waals surface area contributed by atoms with Crippen molar-refractivity contribution in [2.45, 2.75) is 25.0 Å². The van der Waals surface area contributed by atoms with Crippen LogP contribution < -0.4 is 11.4 Å². The number of rotatable bonds is 5. The highest BCUT2D eigenvalue weighted by molar-refractivity contribution is 7.92. The summed E-state index contributed by atoms with van der Waals surface area (Å²) < 4.78 is 21.8. The molecule has 0 saturated carbocycles. The normalized spacial score (nSPS) is 13.8. The summed E-state index contributed by atoms with van der Waals surface area (Å²) in [7, 11) is -3.17. The van der Waals surface area contributed by atoms with Crippen molar-refractivity contribution in [3.8, 4) is 0 Å². The van der Waals surface area contributed by atoms with E-state index in [1.807, 2.05) is 13.0 Å². The average molecular weight is 381 g/mol. The molecule has 3 rings (SSSR count). The van der Waals surface area contributed by atoms with Crippen LogP contribution in [0.5, 0.6) is 0 Å². The highest BCUT2D eigenvalue weighted by Crippen LogP contribution is 2.21. The summed E-state index contributed by atoms with van der Waals surface area (Å²) in [6, 6.07) is 7.13. The van der Waals surface area contributed by atoms with Crippen LogP contribution in [0.2, 0.25) is 5.02 Å². The zero-order valence-electron chi connectivity index (χ0n) is 13.5. The molecule has 10 heteroatoms. The first-order valence-corrected chi connectivity index (χ1v) is 9.70. The molecule has 1 unspecified atom stereocenters. The number of nitrogens with zero attached hydrogens (tertiary/aromatic N) is 3. The zero-order chi connectivity index (χ0) is 18.2. The number of fused-ring (bicyclic) bond motifs is 1. The quantitative estimate of drug-likeness (QED) is 0.584. The summed E-state index contributed by atoms with van der Waals surface area (Å²) in [4.78, 5) is 23.1. The Balaban J connectivity index is 2.20. The van der Waals surface area contributed by atoms with Gasteiger partial charge in [-0.25, -0.2) is 18.8 Å². The number of imidazole rings is 1. The van der Waals surface area contributed by atoms with Crippen LogP contribution in [0.1, 0.15) is 18.9 Å². The van der Waals surface area contributed by atoms with Crippen molar-refractivity contribution < 1.29 is 4.21 Å². The number of H-pyrrole nitrogens is 1. The minimum atomic E-state index is -3.17. The summed E-state index contributed by atoms with van der Waals surface area (Å²) in [5, 5.41) is 0.354. The maximum Gasteiger partial charge on any atom is 0.328 e. The molecule has 1 atom stereocenters. The van der Waals surface area contributed by atoms with Crippen LogP contribution in [0.4, 0.5) is 5.82 Å². The van der Waals surface area contributed by atoms with Gasteiger partial charge in [0, 0.05) is 10.8 Å². The van der Waals surface area contributed by atoms with Crippen LogP contribution in [-0.4, -0.2) is 29.5 Å². The van der Waals surface area contributed by atoms with Gasteiger partial charge in [0.15, 0.2) is 11.5 Å². The second kappa shape index (κ2) is 6.49. The van der Waals surface area contributed by atoms with E-state index in [1.165, 1.54) is 4.57 Å². The lowest BCUT2D eigenvalue weighted by molar-refractivity contribution is 0.665. The maximum atomic E-state index is 12.5. The lowest BCUT2D eigenvalue weighted by Crippen LogP contribution is -2.18. The first-order chi connectivity index (χ1) is 11.8. The maximum absolute atomic E-state index is 12.5. The van der Waals surface area contributed by atoms with Crippen molar-refractivity contribution in [1.82, 2.24) is 19.5 Å². The Bertz CT molecular complexity index is 1100. The molecule has 0 aliphatic heterocycles. The first kappa shape index (κ1) is 17.4. The van der Waals surface area contributed by atoms with Crippen LogP contribution in [0.15, 0.2) is 34.2 Å². The third-order valence-electron chi connectivity index (χ3n) is 3.70. The van der Waals surface area contributed by atoms with Gasteiger partial charge in [-0.2, -0.15) is 4.98 Å². The molecule has 0 radical (unpaired) electrons. The minimum absolute atomic E-state index is 0.00825. The van der Waals surface area contributed by atoms with Gasteiger partial charge in [-0.05, 0) is 18.1 Å². The molecule has 4 N–H and O–H groups in total. The summed E-state index contributed by atoms with van der Waals surface area (Å²) in [6.45, 7) is 1.99. The van der Waals surface area contributed by atoms with Gasteiger partial charge in [0.2, 0.25) is 5.16 Å². The van der Waals surface area contributed by atoms with Crippen LogP contribution in [0.3, 0.4) is 0 Å². The van der Waals surface area contributed by atoms with Gasteiger partial charge >= 0.3 is 5.69 Å². The Morgan fingerprint density at radius 2 is 2.08 bits per heavy atom. The van der Waals surface area contributed by atoms with Crippen molar-refractivity contribution in [2.24, 2.45) is 0 Å². The molecule has 2 aromatic heterocycles. The Hall–Kier alpha value is -2.39. The predicted octanol–water partition coefficient (Wildman–Crippen LogP) is 2.22. The van der Waals surface area contributed by atoms with Gasteiger partial charge < -0.3 is 10.7 Å². The largest absolute Gasteiger partial charge is 0.382 e. The van der Waals surface area contributed by atoms with Crippen molar-refractivity contribution in [3.63, 3.8) is 0 Å². The number of hydrogen-bond acceptors (Lipinski definition) is 6. The number of benzene rings is 1. The number of nitrogens with one attached hydrogen (secondary N) is 2. The van der Waals surface area contributed by atoms with E-state index in [1.54, 1.807) is 18.2 Å². The Kier molecular flexibility index (Phi) is 4.53. The Morgan fingerprint density at radius 1 is 1.36 bits per heavy atom. The number of hydrogen-bond donors (Lipinski definition) is 3. The van der Waals surface area contributed by atoms with E-state index in [4.69, 9.17) is 22.1 Å². The SMILES string of the molecule is CCCS(=N)(=O)c1nc(N)c2[nH]c(=O)n(Cc3ccccc3Cl)c2n1. The molecule has 25 heavy (non-hydrogen) atoms. The van der Waals surface area contributed by atoms with E-state index in [0.29, 0.717) is 11.4 Å². The smallest absolute Gasteiger partial charge is 0.328 e. The van der Waals surface area contributed by atoms with E-state index in [9.17, 15) is 9.00 Å². The number of aromatic amines is 1. The molecule has 0 aliphatic carbocycles. The third kappa shape index (κ3) is 3.24. The predicted molar refractivity (Wildman–Crippen MR) is 97.4 cm³/mol. The topological polar surface area (TPSA) is 131 Å². The van der Waals surface area contributed by atoms with Gasteiger partial charge in [0.05, 0.1) is 6.54 Å². The molecule has 3 aromatic rings. The average Bonchev–Trinajstić information content (AvgIpc) is 2.86. The lowest BCUT2D eigenvalue weighted by Gasteiger charge is -2.08. The van der Waals surface area contributed by atoms with Gasteiger partial charge in [0.1, 0.15) is 15.2 Å². The second-order valence-electron chi connectivity index (χ2n) is 5.58. The van der Waals surface area contributed by atoms with E-state index in [0.717, 1.165) is 5.56 Å². The van der Waals surface area contributed by atoms with E-state index in [-0.39, 0.29) is 34.4 Å². The first-order valence-electron chi connectivity index (χ1n) is 7.59. The molecule has 0 bridgehead atoms. The molecule has 1 aromatic carbocycles. The van der Waals surface area contributed by atoms with Gasteiger partial charge in [0.25, 0.3) is 0 Å². The monoisotopic (exact) mass is 380 g/mol. The van der Waals surface area contributed by atoms with Crippen LogP contribution in [0.25, 0.3) is 11.2 Å². The molecule has 0 amide bonds. The molecule has 8 nitrogen and oxygen atoms in total. The van der Waals surface area contributed by atoms with E-state index < -0.39 is 15.4 Å². The van der Waals surface area contributed by atoms with Gasteiger partial charge in [-0.15, -0.1) is 0 Å². The molecule has 0 aliphatic rings. The van der Waals surface area contributed by atoms with E-state index >= 15 is 0 Å². The van der Waals surface area contributed by atoms with Crippen LogP contribution in [0, 0.1) is 4.78 Å². The lowest BCUT2D eigenvalue weighted by atomic mass is 10.2. The van der Waals surface area contributed by atoms with Crippen LogP contribution >= 0.6 is 11.6 Å². The second-order valence-corrected chi connectivity index (χ2v) is 8.11. The van der Waals surface area contributed by atoms with Crippen molar-refractivity contribution >= 4 is 38.3 Å². The summed E-state index contributed by atoms with van der Waals surface area (Å²) >= 11 is 6.16. The molecule has 0 saturated heterocycles. The minimum Gasteiger partial charge on any atom is -0.382 e. The highest BCUT2D eigenvalue weighted by atomic mass is 35.5. The zero-order valence-corrected chi connectivity index (χ0v) is 15.0. The van der Waals surface area contributed by atoms with Crippen molar-refractivity contribution in [2.75, 3.05) is 11.5 Å². The number of nitrogen functional groups attached to an aromatic ring is 1.